The number of carbonyl (C=O) groups is 1. The number of rotatable bonds is 9. The van der Waals surface area contributed by atoms with E-state index in [1.165, 1.54) is 0 Å². The number of thioether (sulfide) groups is 1. The molecule has 0 N–H and O–H groups in total. The molecule has 0 aliphatic rings. The van der Waals surface area contributed by atoms with Crippen LogP contribution in [0.3, 0.4) is 0 Å². The second kappa shape index (κ2) is 10.2. The van der Waals surface area contributed by atoms with Gasteiger partial charge in [0.15, 0.2) is 0 Å². The van der Waals surface area contributed by atoms with Crippen LogP contribution in [0.1, 0.15) is 30.1 Å². The fraction of sp³-hybridized carbons (Fsp3) is 0.350. The molecule has 2 rings (SSSR count). The van der Waals surface area contributed by atoms with Gasteiger partial charge in [0.05, 0.1) is 12.2 Å². The number of para-hydroxylation sites is 1. The van der Waals surface area contributed by atoms with Crippen molar-refractivity contribution in [2.45, 2.75) is 24.7 Å². The zero-order chi connectivity index (χ0) is 17.2. The predicted octanol–water partition coefficient (Wildman–Crippen LogP) is 4.87. The van der Waals surface area contributed by atoms with Crippen LogP contribution in [-0.2, 0) is 4.74 Å². The molecule has 24 heavy (non-hydrogen) atoms. The van der Waals surface area contributed by atoms with Crippen LogP contribution in [0.15, 0.2) is 59.5 Å². The molecule has 0 saturated carbocycles. The van der Waals surface area contributed by atoms with Crippen LogP contribution in [0.4, 0.5) is 5.69 Å². The first kappa shape index (κ1) is 18.6. The summed E-state index contributed by atoms with van der Waals surface area (Å²) in [6.45, 7) is 3.55. The van der Waals surface area contributed by atoms with Crippen LogP contribution >= 0.6 is 11.8 Å². The van der Waals surface area contributed by atoms with Crippen molar-refractivity contribution in [1.29, 1.82) is 0 Å². The molecule has 0 aliphatic heterocycles. The Morgan fingerprint density at radius 2 is 1.79 bits per heavy atom. The van der Waals surface area contributed by atoms with Crippen molar-refractivity contribution in [3.05, 3.63) is 60.2 Å². The first-order chi connectivity index (χ1) is 11.8. The van der Waals surface area contributed by atoms with Crippen molar-refractivity contribution in [3.63, 3.8) is 0 Å². The lowest BCUT2D eigenvalue weighted by atomic mass is 10.1. The first-order valence-electron chi connectivity index (χ1n) is 8.35. The van der Waals surface area contributed by atoms with Gasteiger partial charge < -0.3 is 9.64 Å². The van der Waals surface area contributed by atoms with E-state index in [1.54, 1.807) is 18.9 Å². The molecule has 0 atom stereocenters. The van der Waals surface area contributed by atoms with Crippen molar-refractivity contribution < 1.29 is 9.53 Å². The average Bonchev–Trinajstić information content (AvgIpc) is 2.63. The van der Waals surface area contributed by atoms with Crippen molar-refractivity contribution in [2.24, 2.45) is 0 Å². The summed E-state index contributed by atoms with van der Waals surface area (Å²) in [6.07, 6.45) is 2.04. The fourth-order valence-electron chi connectivity index (χ4n) is 2.42. The minimum Gasteiger partial charge on any atom is -0.384 e. The minimum absolute atomic E-state index is 0.0650. The van der Waals surface area contributed by atoms with Crippen molar-refractivity contribution >= 4 is 23.4 Å². The summed E-state index contributed by atoms with van der Waals surface area (Å²) in [5.41, 5.74) is 1.71. The van der Waals surface area contributed by atoms with Crippen LogP contribution in [0.5, 0.6) is 0 Å². The Labute approximate surface area is 149 Å². The number of unbranched alkanes of at least 4 members (excludes halogenated alkanes) is 1. The van der Waals surface area contributed by atoms with Gasteiger partial charge in [-0.15, -0.1) is 11.8 Å². The van der Waals surface area contributed by atoms with Crippen LogP contribution < -0.4 is 4.90 Å². The molecule has 4 heteroatoms. The average molecular weight is 343 g/mol. The number of carbonyl (C=O) groups excluding carboxylic acids is 1. The zero-order valence-corrected chi connectivity index (χ0v) is 15.2. The van der Waals surface area contributed by atoms with E-state index >= 15 is 0 Å². The number of nitrogens with zero attached hydrogens (tertiary/aromatic N) is 1. The third-order valence-corrected chi connectivity index (χ3v) is 4.75. The highest BCUT2D eigenvalue weighted by molar-refractivity contribution is 7.99. The van der Waals surface area contributed by atoms with Crippen LogP contribution in [0, 0.1) is 0 Å². The maximum atomic E-state index is 13.2. The van der Waals surface area contributed by atoms with E-state index in [9.17, 15) is 4.79 Å². The Kier molecular flexibility index (Phi) is 7.86. The van der Waals surface area contributed by atoms with Gasteiger partial charge in [0.25, 0.3) is 5.91 Å². The van der Waals surface area contributed by atoms with E-state index < -0.39 is 0 Å². The smallest absolute Gasteiger partial charge is 0.259 e. The van der Waals surface area contributed by atoms with E-state index in [-0.39, 0.29) is 5.91 Å². The van der Waals surface area contributed by atoms with Gasteiger partial charge in [0.2, 0.25) is 0 Å². The van der Waals surface area contributed by atoms with Gasteiger partial charge in [-0.25, -0.2) is 0 Å². The zero-order valence-electron chi connectivity index (χ0n) is 14.4. The number of hydrogen-bond acceptors (Lipinski definition) is 3. The summed E-state index contributed by atoms with van der Waals surface area (Å²) < 4.78 is 5.12. The molecule has 0 spiro atoms. The topological polar surface area (TPSA) is 29.5 Å². The summed E-state index contributed by atoms with van der Waals surface area (Å²) in [5, 5.41) is 0. The maximum absolute atomic E-state index is 13.2. The molecular weight excluding hydrogens is 318 g/mol. The molecule has 0 aromatic heterocycles. The lowest BCUT2D eigenvalue weighted by Crippen LogP contribution is -2.32. The van der Waals surface area contributed by atoms with Gasteiger partial charge in [-0.05, 0) is 30.7 Å². The first-order valence-corrected chi connectivity index (χ1v) is 9.34. The van der Waals surface area contributed by atoms with E-state index in [1.807, 2.05) is 59.5 Å². The standard InChI is InChI=1S/C20H25NO2S/c1-3-4-14-21(17-10-6-5-7-11-17)20(22)18-12-8-9-13-19(18)24-16-15-23-2/h5-13H,3-4,14-16H2,1-2H3. The number of amides is 1. The molecule has 0 bridgehead atoms. The Morgan fingerprint density at radius 1 is 1.08 bits per heavy atom. The van der Waals surface area contributed by atoms with Crippen molar-refractivity contribution in [2.75, 3.05) is 30.9 Å². The highest BCUT2D eigenvalue weighted by atomic mass is 32.2. The molecule has 0 saturated heterocycles. The van der Waals surface area contributed by atoms with Gasteiger partial charge in [-0.1, -0.05) is 43.7 Å². The highest BCUT2D eigenvalue weighted by Crippen LogP contribution is 2.26. The Morgan fingerprint density at radius 3 is 2.50 bits per heavy atom. The van der Waals surface area contributed by atoms with E-state index in [0.717, 1.165) is 41.3 Å². The number of benzene rings is 2. The lowest BCUT2D eigenvalue weighted by Gasteiger charge is -2.24. The normalized spacial score (nSPS) is 10.6. The van der Waals surface area contributed by atoms with Crippen LogP contribution in [0.2, 0.25) is 0 Å². The highest BCUT2D eigenvalue weighted by Gasteiger charge is 2.19. The Balaban J connectivity index is 2.26. The van der Waals surface area contributed by atoms with E-state index in [4.69, 9.17) is 4.74 Å². The lowest BCUT2D eigenvalue weighted by molar-refractivity contribution is 0.0984. The van der Waals surface area contributed by atoms with Gasteiger partial charge >= 0.3 is 0 Å². The Bertz CT molecular complexity index is 631. The molecule has 0 heterocycles. The van der Waals surface area contributed by atoms with Crippen LogP contribution in [0.25, 0.3) is 0 Å². The predicted molar refractivity (Wildman–Crippen MR) is 102 cm³/mol. The molecule has 0 unspecified atom stereocenters. The maximum Gasteiger partial charge on any atom is 0.259 e. The van der Waals surface area contributed by atoms with Gasteiger partial charge in [-0.3, -0.25) is 4.79 Å². The molecule has 1 amide bonds. The second-order valence-corrected chi connectivity index (χ2v) is 6.62. The molecule has 3 nitrogen and oxygen atoms in total. The fourth-order valence-corrected chi connectivity index (χ4v) is 3.38. The van der Waals surface area contributed by atoms with Crippen molar-refractivity contribution in [3.8, 4) is 0 Å². The van der Waals surface area contributed by atoms with Crippen LogP contribution in [-0.4, -0.2) is 31.9 Å². The molecule has 2 aromatic carbocycles. The number of hydrogen-bond donors (Lipinski definition) is 0. The van der Waals surface area contributed by atoms with Gasteiger partial charge in [0.1, 0.15) is 0 Å². The van der Waals surface area contributed by atoms with Crippen molar-refractivity contribution in [1.82, 2.24) is 0 Å². The number of ether oxygens (including phenoxy) is 1. The molecule has 0 aliphatic carbocycles. The monoisotopic (exact) mass is 343 g/mol. The molecule has 128 valence electrons. The summed E-state index contributed by atoms with van der Waals surface area (Å²) in [5.74, 6) is 0.899. The van der Waals surface area contributed by atoms with E-state index in [0.29, 0.717) is 6.61 Å². The SMILES string of the molecule is CCCCN(C(=O)c1ccccc1SCCOC)c1ccccc1. The quantitative estimate of drug-likeness (QED) is 0.480. The third kappa shape index (κ3) is 5.11. The second-order valence-electron chi connectivity index (χ2n) is 5.48. The molecule has 0 fully saturated rings. The summed E-state index contributed by atoms with van der Waals surface area (Å²) in [6, 6.07) is 17.7. The third-order valence-electron chi connectivity index (χ3n) is 3.71. The Hall–Kier alpha value is -1.78. The summed E-state index contributed by atoms with van der Waals surface area (Å²) in [7, 11) is 1.69. The van der Waals surface area contributed by atoms with Gasteiger partial charge in [-0.2, -0.15) is 0 Å². The number of methoxy groups -OCH3 is 1. The van der Waals surface area contributed by atoms with E-state index in [2.05, 4.69) is 6.92 Å². The number of anilines is 1. The molecular formula is C20H25NO2S. The van der Waals surface area contributed by atoms with Gasteiger partial charge in [0, 0.05) is 30.0 Å². The summed E-state index contributed by atoms with van der Waals surface area (Å²) in [4.78, 5) is 16.1. The molecule has 0 radical (unpaired) electrons. The minimum atomic E-state index is 0.0650. The molecule has 2 aromatic rings. The summed E-state index contributed by atoms with van der Waals surface area (Å²) >= 11 is 1.66. The largest absolute Gasteiger partial charge is 0.384 e.